The third-order valence-electron chi connectivity index (χ3n) is 4.32. The first kappa shape index (κ1) is 30.4. The molecule has 0 amide bonds. The zero-order valence-electron chi connectivity index (χ0n) is 18.9. The minimum absolute atomic E-state index is 0.0723. The number of nitriles is 2. The SMILES string of the molecule is CC(=O)c1ccc(F)cc1Br.CC(=O)c1ccc(F)cc1C#N.N#Cc1cc(F)ccc1C(=O)CBr. The lowest BCUT2D eigenvalue weighted by Gasteiger charge is -1.99. The molecule has 0 spiro atoms. The van der Waals surface area contributed by atoms with Crippen LogP contribution in [0.2, 0.25) is 0 Å². The van der Waals surface area contributed by atoms with Gasteiger partial charge in [0.05, 0.1) is 28.6 Å². The molecule has 3 rings (SSSR count). The van der Waals surface area contributed by atoms with Crippen molar-refractivity contribution in [2.75, 3.05) is 5.33 Å². The normalized spacial score (nSPS) is 9.36. The molecule has 0 fully saturated rings. The van der Waals surface area contributed by atoms with Crippen molar-refractivity contribution in [2.24, 2.45) is 0 Å². The van der Waals surface area contributed by atoms with Crippen molar-refractivity contribution in [3.8, 4) is 12.1 Å². The highest BCUT2D eigenvalue weighted by Crippen LogP contribution is 2.18. The van der Waals surface area contributed by atoms with Crippen LogP contribution in [-0.4, -0.2) is 22.7 Å². The Hall–Kier alpha value is -3.60. The second-order valence-electron chi connectivity index (χ2n) is 6.90. The van der Waals surface area contributed by atoms with Crippen LogP contribution < -0.4 is 0 Å². The highest BCUT2D eigenvalue weighted by molar-refractivity contribution is 9.10. The first-order valence-corrected chi connectivity index (χ1v) is 11.8. The number of Topliss-reactive ketones (excluding diaryl/α,β-unsaturated/α-hetero) is 3. The van der Waals surface area contributed by atoms with Gasteiger partial charge in [-0.05, 0) is 84.4 Å². The largest absolute Gasteiger partial charge is 0.294 e. The number of hydrogen-bond acceptors (Lipinski definition) is 5. The molecule has 3 aromatic rings. The van der Waals surface area contributed by atoms with Crippen LogP contribution in [0.3, 0.4) is 0 Å². The second kappa shape index (κ2) is 14.7. The van der Waals surface area contributed by atoms with Gasteiger partial charge in [0.25, 0.3) is 0 Å². The van der Waals surface area contributed by atoms with Crippen molar-refractivity contribution < 1.29 is 27.6 Å². The molecule has 0 heterocycles. The van der Waals surface area contributed by atoms with Crippen LogP contribution in [-0.2, 0) is 0 Å². The van der Waals surface area contributed by atoms with E-state index >= 15 is 0 Å². The van der Waals surface area contributed by atoms with Crippen LogP contribution in [0.4, 0.5) is 13.2 Å². The lowest BCUT2D eigenvalue weighted by Crippen LogP contribution is -2.03. The summed E-state index contributed by atoms with van der Waals surface area (Å²) in [5.74, 6) is -1.89. The molecule has 5 nitrogen and oxygen atoms in total. The summed E-state index contributed by atoms with van der Waals surface area (Å²) in [6.07, 6.45) is 0. The van der Waals surface area contributed by atoms with Crippen molar-refractivity contribution in [1.82, 2.24) is 0 Å². The van der Waals surface area contributed by atoms with E-state index in [1.165, 1.54) is 44.2 Å². The average Bonchev–Trinajstić information content (AvgIpc) is 2.83. The van der Waals surface area contributed by atoms with Gasteiger partial charge in [-0.15, -0.1) is 0 Å². The topological polar surface area (TPSA) is 98.8 Å². The van der Waals surface area contributed by atoms with Gasteiger partial charge in [-0.1, -0.05) is 15.9 Å². The van der Waals surface area contributed by atoms with Crippen LogP contribution in [0.25, 0.3) is 0 Å². The smallest absolute Gasteiger partial charge is 0.174 e. The molecule has 0 saturated heterocycles. The summed E-state index contributed by atoms with van der Waals surface area (Å²) >= 11 is 6.07. The molecule has 0 N–H and O–H groups in total. The Morgan fingerprint density at radius 1 is 0.722 bits per heavy atom. The van der Waals surface area contributed by atoms with E-state index < -0.39 is 11.6 Å². The lowest BCUT2D eigenvalue weighted by molar-refractivity contribution is 0.100. The Bertz CT molecular complexity index is 1380. The Kier molecular flexibility index (Phi) is 12.4. The van der Waals surface area contributed by atoms with E-state index in [0.29, 0.717) is 10.0 Å². The molecule has 0 aliphatic heterocycles. The van der Waals surface area contributed by atoms with E-state index in [1.54, 1.807) is 12.1 Å². The van der Waals surface area contributed by atoms with E-state index in [2.05, 4.69) is 31.9 Å². The van der Waals surface area contributed by atoms with Gasteiger partial charge in [0.15, 0.2) is 17.3 Å². The molecule has 0 aliphatic rings. The van der Waals surface area contributed by atoms with Gasteiger partial charge in [0.1, 0.15) is 17.5 Å². The molecule has 36 heavy (non-hydrogen) atoms. The van der Waals surface area contributed by atoms with Gasteiger partial charge >= 0.3 is 0 Å². The third-order valence-corrected chi connectivity index (χ3v) is 5.48. The molecule has 0 aromatic heterocycles. The average molecular weight is 622 g/mol. The molecule has 0 atom stereocenters. The van der Waals surface area contributed by atoms with Crippen LogP contribution >= 0.6 is 31.9 Å². The summed E-state index contributed by atoms with van der Waals surface area (Å²) in [6, 6.07) is 14.6. The number of ketones is 3. The molecule has 0 aliphatic carbocycles. The predicted octanol–water partition coefficient (Wildman–Crippen LogP) is 6.97. The first-order valence-electron chi connectivity index (χ1n) is 9.90. The van der Waals surface area contributed by atoms with E-state index in [-0.39, 0.29) is 50.8 Å². The second-order valence-corrected chi connectivity index (χ2v) is 8.31. The molecule has 184 valence electrons. The maximum Gasteiger partial charge on any atom is 0.174 e. The number of alkyl halides is 1. The van der Waals surface area contributed by atoms with Crippen molar-refractivity contribution in [3.63, 3.8) is 0 Å². The molecule has 0 radical (unpaired) electrons. The van der Waals surface area contributed by atoms with Crippen LogP contribution in [0.15, 0.2) is 59.1 Å². The zero-order chi connectivity index (χ0) is 27.4. The molecule has 0 saturated carbocycles. The van der Waals surface area contributed by atoms with Gasteiger partial charge in [-0.3, -0.25) is 14.4 Å². The number of carbonyl (C=O) groups is 3. The zero-order valence-corrected chi connectivity index (χ0v) is 22.1. The Labute approximate surface area is 222 Å². The van der Waals surface area contributed by atoms with E-state index in [9.17, 15) is 27.6 Å². The number of carbonyl (C=O) groups excluding carboxylic acids is 3. The highest BCUT2D eigenvalue weighted by atomic mass is 79.9. The van der Waals surface area contributed by atoms with Crippen LogP contribution in [0.1, 0.15) is 56.0 Å². The standard InChI is InChI=1S/C9H5BrFNO.C9H6FNO.C8H6BrFO/c10-4-9(13)8-2-1-7(11)3-6(8)5-12;1-6(12)9-3-2-8(10)4-7(9)5-11;1-5(11)7-3-2-6(10)4-8(7)9/h1-3H,4H2;2-4H,1H3;2-4H,1H3. The first-order chi connectivity index (χ1) is 16.9. The molecular formula is C26H17Br2F3N2O3. The van der Waals surface area contributed by atoms with Crippen molar-refractivity contribution >= 4 is 49.2 Å². The van der Waals surface area contributed by atoms with Gasteiger partial charge in [0, 0.05) is 21.2 Å². The van der Waals surface area contributed by atoms with E-state index in [1.807, 2.05) is 0 Å². The minimum atomic E-state index is -0.511. The summed E-state index contributed by atoms with van der Waals surface area (Å²) in [5, 5.41) is 17.3. The summed E-state index contributed by atoms with van der Waals surface area (Å²) in [7, 11) is 0. The highest BCUT2D eigenvalue weighted by Gasteiger charge is 2.10. The monoisotopic (exact) mass is 620 g/mol. The fourth-order valence-corrected chi connectivity index (χ4v) is 3.55. The maximum absolute atomic E-state index is 12.6. The van der Waals surface area contributed by atoms with Crippen molar-refractivity contribution in [1.29, 1.82) is 10.5 Å². The number of halogens is 5. The molecule has 3 aromatic carbocycles. The lowest BCUT2D eigenvalue weighted by atomic mass is 10.1. The number of benzene rings is 3. The predicted molar refractivity (Wildman–Crippen MR) is 134 cm³/mol. The fraction of sp³-hybridized carbons (Fsp3) is 0.115. The van der Waals surface area contributed by atoms with Gasteiger partial charge < -0.3 is 0 Å². The van der Waals surface area contributed by atoms with Crippen LogP contribution in [0.5, 0.6) is 0 Å². The quantitative estimate of drug-likeness (QED) is 0.231. The van der Waals surface area contributed by atoms with E-state index in [4.69, 9.17) is 10.5 Å². The van der Waals surface area contributed by atoms with Gasteiger partial charge in [-0.2, -0.15) is 10.5 Å². The van der Waals surface area contributed by atoms with Gasteiger partial charge in [-0.25, -0.2) is 13.2 Å². The summed E-state index contributed by atoms with van der Waals surface area (Å²) < 4.78 is 38.1. The molecule has 10 heteroatoms. The number of hydrogen-bond donors (Lipinski definition) is 0. The maximum atomic E-state index is 12.6. The Morgan fingerprint density at radius 3 is 1.50 bits per heavy atom. The third kappa shape index (κ3) is 9.21. The summed E-state index contributed by atoms with van der Waals surface area (Å²) in [4.78, 5) is 32.9. The number of nitrogens with zero attached hydrogens (tertiary/aromatic N) is 2. The Morgan fingerprint density at radius 2 is 1.11 bits per heavy atom. The van der Waals surface area contributed by atoms with Crippen molar-refractivity contribution in [2.45, 2.75) is 13.8 Å². The van der Waals surface area contributed by atoms with Crippen molar-refractivity contribution in [3.05, 3.63) is 104 Å². The number of rotatable bonds is 4. The van der Waals surface area contributed by atoms with E-state index in [0.717, 1.165) is 24.3 Å². The molecular weight excluding hydrogens is 605 g/mol. The minimum Gasteiger partial charge on any atom is -0.294 e. The summed E-state index contributed by atoms with van der Waals surface area (Å²) in [6.45, 7) is 2.78. The fourth-order valence-electron chi connectivity index (χ4n) is 2.62. The van der Waals surface area contributed by atoms with Crippen LogP contribution in [0, 0.1) is 40.1 Å². The Balaban J connectivity index is 0.000000271. The molecule has 0 unspecified atom stereocenters. The molecule has 0 bridgehead atoms. The van der Waals surface area contributed by atoms with Gasteiger partial charge in [0.2, 0.25) is 0 Å². The summed E-state index contributed by atoms with van der Waals surface area (Å²) in [5.41, 5.74) is 1.18.